The molecule has 1 amide bonds. The van der Waals surface area contributed by atoms with E-state index in [-0.39, 0.29) is 25.7 Å². The number of piperazine rings is 1. The van der Waals surface area contributed by atoms with Crippen LogP contribution in [-0.4, -0.2) is 76.5 Å². The molecule has 110 valence electrons. The molecule has 1 fully saturated rings. The summed E-state index contributed by atoms with van der Waals surface area (Å²) < 4.78 is 5.26. The number of carbonyl (C=O) groups is 2. The fourth-order valence-electron chi connectivity index (χ4n) is 1.94. The lowest BCUT2D eigenvalue weighted by Crippen LogP contribution is -2.57. The molecule has 0 radical (unpaired) electrons. The fourth-order valence-corrected chi connectivity index (χ4v) is 1.94. The van der Waals surface area contributed by atoms with Crippen molar-refractivity contribution in [2.45, 2.75) is 32.4 Å². The van der Waals surface area contributed by atoms with Gasteiger partial charge in [-0.05, 0) is 20.8 Å². The molecule has 0 aromatic carbocycles. The topological polar surface area (TPSA) is 90.3 Å². The SMILES string of the molecule is CC(C)(C)OC(=O)N1CCN(CC(=O)O)C(CO)C1. The molecule has 0 aromatic rings. The molecule has 1 saturated heterocycles. The number of amides is 1. The van der Waals surface area contributed by atoms with E-state index in [2.05, 4.69) is 0 Å². The second-order valence-corrected chi connectivity index (χ2v) is 5.63. The lowest BCUT2D eigenvalue weighted by Gasteiger charge is -2.40. The quantitative estimate of drug-likeness (QED) is 0.752. The second-order valence-electron chi connectivity index (χ2n) is 5.63. The van der Waals surface area contributed by atoms with Crippen molar-refractivity contribution in [3.63, 3.8) is 0 Å². The van der Waals surface area contributed by atoms with Crippen molar-refractivity contribution in [1.29, 1.82) is 0 Å². The Hall–Kier alpha value is -1.34. The largest absolute Gasteiger partial charge is 0.480 e. The Morgan fingerprint density at radius 2 is 1.95 bits per heavy atom. The lowest BCUT2D eigenvalue weighted by atomic mass is 10.1. The normalized spacial score (nSPS) is 21.3. The first kappa shape index (κ1) is 15.7. The highest BCUT2D eigenvalue weighted by molar-refractivity contribution is 5.70. The van der Waals surface area contributed by atoms with E-state index in [4.69, 9.17) is 9.84 Å². The van der Waals surface area contributed by atoms with Gasteiger partial charge in [0.25, 0.3) is 0 Å². The van der Waals surface area contributed by atoms with Crippen LogP contribution < -0.4 is 0 Å². The number of carbonyl (C=O) groups excluding carboxylic acids is 1. The molecule has 7 heteroatoms. The first-order chi connectivity index (χ1) is 8.73. The van der Waals surface area contributed by atoms with Gasteiger partial charge in [-0.2, -0.15) is 0 Å². The summed E-state index contributed by atoms with van der Waals surface area (Å²) in [4.78, 5) is 25.8. The van der Waals surface area contributed by atoms with E-state index in [0.29, 0.717) is 13.1 Å². The smallest absolute Gasteiger partial charge is 0.410 e. The highest BCUT2D eigenvalue weighted by atomic mass is 16.6. The molecule has 7 nitrogen and oxygen atoms in total. The summed E-state index contributed by atoms with van der Waals surface area (Å²) >= 11 is 0. The average Bonchev–Trinajstić information content (AvgIpc) is 2.26. The Bertz CT molecular complexity index is 340. The monoisotopic (exact) mass is 274 g/mol. The van der Waals surface area contributed by atoms with Crippen LogP contribution in [0.2, 0.25) is 0 Å². The molecule has 1 unspecified atom stereocenters. The Morgan fingerprint density at radius 1 is 1.32 bits per heavy atom. The number of ether oxygens (including phenoxy) is 1. The number of aliphatic hydroxyl groups is 1. The lowest BCUT2D eigenvalue weighted by molar-refractivity contribution is -0.139. The predicted octanol–water partition coefficient (Wildman–Crippen LogP) is -0.0154. The van der Waals surface area contributed by atoms with Crippen LogP contribution in [0, 0.1) is 0 Å². The summed E-state index contributed by atoms with van der Waals surface area (Å²) in [5, 5.41) is 18.1. The molecule has 0 aromatic heterocycles. The van der Waals surface area contributed by atoms with Crippen molar-refractivity contribution in [3.8, 4) is 0 Å². The van der Waals surface area contributed by atoms with Crippen LogP contribution in [0.25, 0.3) is 0 Å². The first-order valence-electron chi connectivity index (χ1n) is 6.27. The Morgan fingerprint density at radius 3 is 2.42 bits per heavy atom. The molecule has 0 bridgehead atoms. The number of rotatable bonds is 3. The number of hydrogen-bond donors (Lipinski definition) is 2. The van der Waals surface area contributed by atoms with Gasteiger partial charge in [0.1, 0.15) is 5.60 Å². The van der Waals surface area contributed by atoms with Gasteiger partial charge < -0.3 is 19.8 Å². The molecule has 2 N–H and O–H groups in total. The summed E-state index contributed by atoms with van der Waals surface area (Å²) in [6.07, 6.45) is -0.430. The molecular weight excluding hydrogens is 252 g/mol. The summed E-state index contributed by atoms with van der Waals surface area (Å²) in [6.45, 7) is 6.13. The molecule has 0 saturated carbocycles. The maximum Gasteiger partial charge on any atom is 0.410 e. The van der Waals surface area contributed by atoms with E-state index in [9.17, 15) is 14.7 Å². The molecule has 0 aliphatic carbocycles. The minimum Gasteiger partial charge on any atom is -0.480 e. The zero-order valence-corrected chi connectivity index (χ0v) is 11.6. The average molecular weight is 274 g/mol. The van der Waals surface area contributed by atoms with E-state index in [1.54, 1.807) is 25.7 Å². The number of aliphatic hydroxyl groups excluding tert-OH is 1. The second kappa shape index (κ2) is 6.21. The number of nitrogens with zero attached hydrogens (tertiary/aromatic N) is 2. The standard InChI is InChI=1S/C12H22N2O5/c1-12(2,3)19-11(18)14-5-4-13(7-10(16)17)9(6-14)8-15/h9,15H,4-8H2,1-3H3,(H,16,17). The molecule has 1 atom stereocenters. The Kier molecular flexibility index (Phi) is 5.13. The molecule has 1 aliphatic heterocycles. The van der Waals surface area contributed by atoms with Crippen molar-refractivity contribution < 1.29 is 24.5 Å². The van der Waals surface area contributed by atoms with E-state index in [1.807, 2.05) is 0 Å². The van der Waals surface area contributed by atoms with Crippen LogP contribution in [0.1, 0.15) is 20.8 Å². The maximum absolute atomic E-state index is 11.9. The first-order valence-corrected chi connectivity index (χ1v) is 6.27. The molecule has 1 rings (SSSR count). The molecular formula is C12H22N2O5. The number of carboxylic acid groups (broad SMARTS) is 1. The summed E-state index contributed by atoms with van der Waals surface area (Å²) in [5.41, 5.74) is -0.565. The Balaban J connectivity index is 2.58. The van der Waals surface area contributed by atoms with Gasteiger partial charge in [-0.25, -0.2) is 4.79 Å². The van der Waals surface area contributed by atoms with Crippen LogP contribution in [0.5, 0.6) is 0 Å². The van der Waals surface area contributed by atoms with Crippen LogP contribution >= 0.6 is 0 Å². The van der Waals surface area contributed by atoms with Crippen LogP contribution in [0.4, 0.5) is 4.79 Å². The summed E-state index contributed by atoms with van der Waals surface area (Å²) in [5.74, 6) is -0.941. The van der Waals surface area contributed by atoms with Gasteiger partial charge in [-0.15, -0.1) is 0 Å². The highest BCUT2D eigenvalue weighted by Gasteiger charge is 2.32. The van der Waals surface area contributed by atoms with Gasteiger partial charge in [-0.3, -0.25) is 9.69 Å². The van der Waals surface area contributed by atoms with Gasteiger partial charge >= 0.3 is 12.1 Å². The van der Waals surface area contributed by atoms with Crippen molar-refractivity contribution in [3.05, 3.63) is 0 Å². The van der Waals surface area contributed by atoms with E-state index >= 15 is 0 Å². The number of hydrogen-bond acceptors (Lipinski definition) is 5. The van der Waals surface area contributed by atoms with Gasteiger partial charge in [0.05, 0.1) is 19.2 Å². The van der Waals surface area contributed by atoms with Gasteiger partial charge in [0.15, 0.2) is 0 Å². The molecule has 1 aliphatic rings. The summed E-state index contributed by atoms with van der Waals surface area (Å²) in [6, 6.07) is -0.364. The van der Waals surface area contributed by atoms with E-state index in [0.717, 1.165) is 0 Å². The fraction of sp³-hybridized carbons (Fsp3) is 0.833. The molecule has 19 heavy (non-hydrogen) atoms. The van der Waals surface area contributed by atoms with Gasteiger partial charge in [0.2, 0.25) is 0 Å². The maximum atomic E-state index is 11.9. The minimum atomic E-state index is -0.941. The molecule has 1 heterocycles. The minimum absolute atomic E-state index is 0.132. The van der Waals surface area contributed by atoms with Crippen molar-refractivity contribution in [1.82, 2.24) is 9.80 Å². The summed E-state index contributed by atoms with van der Waals surface area (Å²) in [7, 11) is 0. The molecule has 0 spiro atoms. The highest BCUT2D eigenvalue weighted by Crippen LogP contribution is 2.14. The van der Waals surface area contributed by atoms with Crippen molar-refractivity contribution >= 4 is 12.1 Å². The third-order valence-electron chi connectivity index (χ3n) is 2.81. The van der Waals surface area contributed by atoms with Crippen molar-refractivity contribution in [2.24, 2.45) is 0 Å². The number of aliphatic carboxylic acids is 1. The van der Waals surface area contributed by atoms with E-state index in [1.165, 1.54) is 4.90 Å². The van der Waals surface area contributed by atoms with Crippen LogP contribution in [0.3, 0.4) is 0 Å². The third kappa shape index (κ3) is 5.04. The third-order valence-corrected chi connectivity index (χ3v) is 2.81. The van der Waals surface area contributed by atoms with Gasteiger partial charge in [-0.1, -0.05) is 0 Å². The van der Waals surface area contributed by atoms with Crippen LogP contribution in [-0.2, 0) is 9.53 Å². The van der Waals surface area contributed by atoms with Gasteiger partial charge in [0, 0.05) is 19.6 Å². The Labute approximate surface area is 112 Å². The predicted molar refractivity (Wildman–Crippen MR) is 67.9 cm³/mol. The van der Waals surface area contributed by atoms with Crippen LogP contribution in [0.15, 0.2) is 0 Å². The number of carboxylic acids is 1. The van der Waals surface area contributed by atoms with E-state index < -0.39 is 17.7 Å². The zero-order valence-electron chi connectivity index (χ0n) is 11.6. The zero-order chi connectivity index (χ0) is 14.6. The van der Waals surface area contributed by atoms with Crippen molar-refractivity contribution in [2.75, 3.05) is 32.8 Å².